The fraction of sp³-hybridized carbons (Fsp3) is 0.571. The molecule has 0 fully saturated rings. The molecule has 0 N–H and O–H groups in total. The highest BCUT2D eigenvalue weighted by molar-refractivity contribution is 5.45. The number of non-ortho nitro benzene ring substituents is 2. The van der Waals surface area contributed by atoms with Gasteiger partial charge in [0.05, 0.1) is 22.0 Å². The summed E-state index contributed by atoms with van der Waals surface area (Å²) in [5.41, 5.74) is -0.0422. The lowest BCUT2D eigenvalue weighted by molar-refractivity contribution is -0.394. The predicted molar refractivity (Wildman–Crippen MR) is 75.6 cm³/mol. The third kappa shape index (κ3) is 5.34. The number of aryl methyl sites for hydroxylation is 1. The molecule has 1 aromatic carbocycles. The minimum Gasteiger partial charge on any atom is -0.258 e. The first-order valence-corrected chi connectivity index (χ1v) is 6.75. The molecule has 0 atom stereocenters. The Bertz CT molecular complexity index is 454. The first-order chi connectivity index (χ1) is 9.40. The van der Waals surface area contributed by atoms with Crippen LogP contribution in [-0.4, -0.2) is 9.85 Å². The zero-order chi connectivity index (χ0) is 15.1. The lowest BCUT2D eigenvalue weighted by Gasteiger charge is -2.04. The topological polar surface area (TPSA) is 86.3 Å². The first kappa shape index (κ1) is 16.1. The van der Waals surface area contributed by atoms with Crippen molar-refractivity contribution in [1.82, 2.24) is 0 Å². The molecule has 6 heteroatoms. The van der Waals surface area contributed by atoms with E-state index in [0.717, 1.165) is 31.7 Å². The standard InChI is InChI=1S/C14H19N2O4/c1-11(2)6-4-3-5-7-12-8-13(15(17)18)10-14(9-12)16(19)20/h8,10-11H,3-7H2,1-2H3. The molecule has 0 aliphatic heterocycles. The molecule has 0 saturated heterocycles. The van der Waals surface area contributed by atoms with Crippen LogP contribution in [0.2, 0.25) is 0 Å². The quantitative estimate of drug-likeness (QED) is 0.408. The fourth-order valence-corrected chi connectivity index (χ4v) is 1.98. The number of hydrogen-bond donors (Lipinski definition) is 0. The summed E-state index contributed by atoms with van der Waals surface area (Å²) < 4.78 is 0. The maximum atomic E-state index is 10.7. The molecular weight excluding hydrogens is 260 g/mol. The second kappa shape index (κ2) is 7.57. The summed E-state index contributed by atoms with van der Waals surface area (Å²) in [6.07, 6.45) is 4.72. The van der Waals surface area contributed by atoms with Crippen molar-refractivity contribution >= 4 is 11.4 Å². The van der Waals surface area contributed by atoms with E-state index in [9.17, 15) is 20.2 Å². The van der Waals surface area contributed by atoms with Crippen molar-refractivity contribution in [3.05, 3.63) is 44.0 Å². The maximum absolute atomic E-state index is 10.7. The van der Waals surface area contributed by atoms with Gasteiger partial charge in [-0.1, -0.05) is 33.1 Å². The van der Waals surface area contributed by atoms with Crippen molar-refractivity contribution in [3.8, 4) is 0 Å². The van der Waals surface area contributed by atoms with Crippen molar-refractivity contribution in [2.75, 3.05) is 0 Å². The van der Waals surface area contributed by atoms with E-state index >= 15 is 0 Å². The van der Waals surface area contributed by atoms with Gasteiger partial charge in [-0.05, 0) is 24.3 Å². The van der Waals surface area contributed by atoms with Crippen LogP contribution >= 0.6 is 0 Å². The fourth-order valence-electron chi connectivity index (χ4n) is 1.98. The lowest BCUT2D eigenvalue weighted by Crippen LogP contribution is -1.96. The van der Waals surface area contributed by atoms with Crippen LogP contribution < -0.4 is 0 Å². The van der Waals surface area contributed by atoms with Crippen molar-refractivity contribution in [2.24, 2.45) is 5.92 Å². The van der Waals surface area contributed by atoms with E-state index in [1.54, 1.807) is 0 Å². The van der Waals surface area contributed by atoms with E-state index in [-0.39, 0.29) is 11.4 Å². The summed E-state index contributed by atoms with van der Waals surface area (Å²) in [4.78, 5) is 20.2. The zero-order valence-electron chi connectivity index (χ0n) is 11.8. The Morgan fingerprint density at radius 2 is 1.80 bits per heavy atom. The molecule has 20 heavy (non-hydrogen) atoms. The molecule has 6 nitrogen and oxygen atoms in total. The summed E-state index contributed by atoms with van der Waals surface area (Å²) in [7, 11) is 0. The average molecular weight is 279 g/mol. The molecule has 1 radical (unpaired) electrons. The van der Waals surface area contributed by atoms with E-state index in [0.29, 0.717) is 17.9 Å². The zero-order valence-corrected chi connectivity index (χ0v) is 11.8. The molecule has 1 rings (SSSR count). The minimum atomic E-state index is -0.644. The van der Waals surface area contributed by atoms with E-state index in [4.69, 9.17) is 0 Å². The van der Waals surface area contributed by atoms with Gasteiger partial charge in [-0.2, -0.15) is 0 Å². The Morgan fingerprint density at radius 1 is 1.10 bits per heavy atom. The molecule has 0 spiro atoms. The normalized spacial score (nSPS) is 10.8. The van der Waals surface area contributed by atoms with Crippen LogP contribution in [0.4, 0.5) is 11.4 Å². The summed E-state index contributed by atoms with van der Waals surface area (Å²) in [6.45, 7) is 4.33. The van der Waals surface area contributed by atoms with Crippen LogP contribution in [0, 0.1) is 32.2 Å². The number of hydrogen-bond acceptors (Lipinski definition) is 4. The molecule has 0 bridgehead atoms. The molecule has 1 aromatic rings. The Morgan fingerprint density at radius 3 is 2.35 bits per heavy atom. The molecule has 0 aliphatic rings. The van der Waals surface area contributed by atoms with Crippen LogP contribution in [0.3, 0.4) is 0 Å². The largest absolute Gasteiger partial charge is 0.284 e. The van der Waals surface area contributed by atoms with Gasteiger partial charge in [-0.3, -0.25) is 20.2 Å². The van der Waals surface area contributed by atoms with Crippen LogP contribution in [0.25, 0.3) is 0 Å². The maximum Gasteiger partial charge on any atom is 0.284 e. The number of nitrogens with zero attached hydrogens (tertiary/aromatic N) is 2. The monoisotopic (exact) mass is 279 g/mol. The van der Waals surface area contributed by atoms with Gasteiger partial charge in [-0.15, -0.1) is 0 Å². The molecule has 0 unspecified atom stereocenters. The van der Waals surface area contributed by atoms with E-state index in [2.05, 4.69) is 19.9 Å². The average Bonchev–Trinajstić information content (AvgIpc) is 2.37. The minimum absolute atomic E-state index is 0.243. The molecule has 0 amide bonds. The SMILES string of the molecule is CC(C)CCCCCc1[c]c([N+](=O)[O-])cc([N+](=O)[O-])c1. The van der Waals surface area contributed by atoms with Crippen molar-refractivity contribution in [2.45, 2.75) is 46.0 Å². The van der Waals surface area contributed by atoms with Crippen LogP contribution in [0.5, 0.6) is 0 Å². The highest BCUT2D eigenvalue weighted by Crippen LogP contribution is 2.23. The van der Waals surface area contributed by atoms with Gasteiger partial charge in [0.2, 0.25) is 0 Å². The summed E-state index contributed by atoms with van der Waals surface area (Å²) in [5.74, 6) is 0.667. The van der Waals surface area contributed by atoms with Crippen LogP contribution in [0.15, 0.2) is 12.1 Å². The number of rotatable bonds is 8. The lowest BCUT2D eigenvalue weighted by atomic mass is 10.0. The Labute approximate surface area is 118 Å². The second-order valence-corrected chi connectivity index (χ2v) is 5.26. The number of nitro benzene ring substituents is 2. The van der Waals surface area contributed by atoms with Crippen LogP contribution in [-0.2, 0) is 6.42 Å². The second-order valence-electron chi connectivity index (χ2n) is 5.26. The van der Waals surface area contributed by atoms with Crippen LogP contribution in [0.1, 0.15) is 45.1 Å². The van der Waals surface area contributed by atoms with Gasteiger partial charge in [0, 0.05) is 6.07 Å². The number of nitro groups is 2. The van der Waals surface area contributed by atoms with E-state index in [1.807, 2.05) is 0 Å². The highest BCUT2D eigenvalue weighted by Gasteiger charge is 2.16. The molecule has 0 aromatic heterocycles. The number of unbranched alkanes of at least 4 members (excludes halogenated alkanes) is 2. The van der Waals surface area contributed by atoms with E-state index in [1.165, 1.54) is 6.07 Å². The summed E-state index contributed by atoms with van der Waals surface area (Å²) in [5, 5.41) is 21.5. The van der Waals surface area contributed by atoms with Gasteiger partial charge < -0.3 is 0 Å². The first-order valence-electron chi connectivity index (χ1n) is 6.75. The summed E-state index contributed by atoms with van der Waals surface area (Å²) >= 11 is 0. The smallest absolute Gasteiger partial charge is 0.258 e. The molecular formula is C14H19N2O4. The van der Waals surface area contributed by atoms with Crippen molar-refractivity contribution in [1.29, 1.82) is 0 Å². The summed E-state index contributed by atoms with van der Waals surface area (Å²) in [6, 6.07) is 4.95. The molecule has 109 valence electrons. The van der Waals surface area contributed by atoms with Gasteiger partial charge >= 0.3 is 0 Å². The Balaban J connectivity index is 2.64. The predicted octanol–water partition coefficient (Wildman–Crippen LogP) is 4.06. The van der Waals surface area contributed by atoms with Gasteiger partial charge in [0.25, 0.3) is 11.4 Å². The van der Waals surface area contributed by atoms with Gasteiger partial charge in [0.1, 0.15) is 0 Å². The van der Waals surface area contributed by atoms with Crippen molar-refractivity contribution in [3.63, 3.8) is 0 Å². The third-order valence-electron chi connectivity index (χ3n) is 3.03. The Hall–Kier alpha value is -1.98. The Kier molecular flexibility index (Phi) is 6.09. The molecule has 0 saturated carbocycles. The van der Waals surface area contributed by atoms with Gasteiger partial charge in [0.15, 0.2) is 0 Å². The number of benzene rings is 1. The van der Waals surface area contributed by atoms with Crippen molar-refractivity contribution < 1.29 is 9.85 Å². The molecule has 0 heterocycles. The van der Waals surface area contributed by atoms with Gasteiger partial charge in [-0.25, -0.2) is 0 Å². The van der Waals surface area contributed by atoms with E-state index < -0.39 is 9.85 Å². The highest BCUT2D eigenvalue weighted by atomic mass is 16.6. The molecule has 0 aliphatic carbocycles. The third-order valence-corrected chi connectivity index (χ3v) is 3.03.